The maximum Gasteiger partial charge on any atom is 0.416 e. The molecule has 0 aliphatic heterocycles. The second-order valence-electron chi connectivity index (χ2n) is 7.76. The van der Waals surface area contributed by atoms with Crippen LogP contribution in [0.4, 0.5) is 13.2 Å². The molecule has 37 heavy (non-hydrogen) atoms. The quantitative estimate of drug-likeness (QED) is 0.355. The lowest BCUT2D eigenvalue weighted by Gasteiger charge is -2.15. The molecule has 0 spiro atoms. The molecule has 0 aliphatic carbocycles. The molecule has 0 aliphatic rings. The summed E-state index contributed by atoms with van der Waals surface area (Å²) in [6.07, 6.45) is -1.47. The summed E-state index contributed by atoms with van der Waals surface area (Å²) in [6, 6.07) is 9.64. The first-order valence-corrected chi connectivity index (χ1v) is 12.4. The van der Waals surface area contributed by atoms with E-state index >= 15 is 0 Å². The van der Waals surface area contributed by atoms with Crippen molar-refractivity contribution in [1.82, 2.24) is 0 Å². The van der Waals surface area contributed by atoms with Crippen molar-refractivity contribution >= 4 is 22.0 Å². The van der Waals surface area contributed by atoms with Crippen LogP contribution in [0.15, 0.2) is 53.4 Å². The molecule has 0 saturated heterocycles. The molecule has 11 heteroatoms. The molecule has 0 heterocycles. The van der Waals surface area contributed by atoms with E-state index in [9.17, 15) is 26.7 Å². The average molecular weight is 539 g/mol. The summed E-state index contributed by atoms with van der Waals surface area (Å²) in [5, 5.41) is 10.3. The van der Waals surface area contributed by atoms with Crippen LogP contribution in [0.25, 0.3) is 12.2 Å². The van der Waals surface area contributed by atoms with E-state index in [0.29, 0.717) is 34.4 Å². The second-order valence-corrected chi connectivity index (χ2v) is 9.75. The number of phenols is 1. The maximum absolute atomic E-state index is 13.2. The Morgan fingerprint density at radius 3 is 2.00 bits per heavy atom. The molecule has 0 amide bonds. The van der Waals surface area contributed by atoms with Gasteiger partial charge in [-0.25, -0.2) is 8.42 Å². The fourth-order valence-electron chi connectivity index (χ4n) is 3.69. The normalized spacial score (nSPS) is 12.0. The molecule has 0 saturated carbocycles. The molecule has 0 unspecified atom stereocenters. The number of halogens is 3. The van der Waals surface area contributed by atoms with E-state index in [1.807, 2.05) is 0 Å². The number of methoxy groups -OCH3 is 4. The van der Waals surface area contributed by atoms with Gasteiger partial charge in [0.1, 0.15) is 0 Å². The van der Waals surface area contributed by atoms with Crippen LogP contribution in [0.5, 0.6) is 28.7 Å². The summed E-state index contributed by atoms with van der Waals surface area (Å²) in [5.41, 5.74) is -0.0326. The van der Waals surface area contributed by atoms with Gasteiger partial charge in [-0.15, -0.1) is 0 Å². The summed E-state index contributed by atoms with van der Waals surface area (Å²) in [7, 11) is 1.39. The van der Waals surface area contributed by atoms with Crippen LogP contribution in [0.2, 0.25) is 0 Å². The van der Waals surface area contributed by atoms with Gasteiger partial charge in [-0.2, -0.15) is 13.2 Å². The Hall–Kier alpha value is -3.86. The smallest absolute Gasteiger partial charge is 0.416 e. The zero-order valence-electron chi connectivity index (χ0n) is 20.4. The van der Waals surface area contributed by atoms with E-state index in [0.717, 1.165) is 18.2 Å². The van der Waals surface area contributed by atoms with Gasteiger partial charge in [-0.05, 0) is 47.5 Å². The highest BCUT2D eigenvalue weighted by atomic mass is 32.2. The molecule has 3 rings (SSSR count). The zero-order chi connectivity index (χ0) is 27.4. The summed E-state index contributed by atoms with van der Waals surface area (Å²) in [6.45, 7) is 0. The molecule has 3 aromatic carbocycles. The van der Waals surface area contributed by atoms with Gasteiger partial charge in [-0.1, -0.05) is 24.3 Å². The van der Waals surface area contributed by atoms with Crippen LogP contribution in [0.1, 0.15) is 22.3 Å². The Morgan fingerprint density at radius 1 is 0.838 bits per heavy atom. The predicted molar refractivity (Wildman–Crippen MR) is 132 cm³/mol. The number of rotatable bonds is 9. The summed E-state index contributed by atoms with van der Waals surface area (Å²) in [4.78, 5) is -0.507. The van der Waals surface area contributed by atoms with E-state index in [1.165, 1.54) is 40.6 Å². The fourth-order valence-corrected chi connectivity index (χ4v) is 5.12. The van der Waals surface area contributed by atoms with Crippen molar-refractivity contribution in [2.24, 2.45) is 0 Å². The number of benzene rings is 3. The Morgan fingerprint density at radius 2 is 1.46 bits per heavy atom. The third kappa shape index (κ3) is 6.11. The molecule has 0 atom stereocenters. The number of hydrogen-bond acceptors (Lipinski definition) is 7. The van der Waals surface area contributed by atoms with Crippen LogP contribution in [0, 0.1) is 0 Å². The van der Waals surface area contributed by atoms with E-state index in [2.05, 4.69) is 0 Å². The van der Waals surface area contributed by atoms with Crippen molar-refractivity contribution in [3.05, 3.63) is 70.8 Å². The Labute approximate surface area is 212 Å². The van der Waals surface area contributed by atoms with Crippen molar-refractivity contribution in [2.75, 3.05) is 28.4 Å². The zero-order valence-corrected chi connectivity index (χ0v) is 21.2. The van der Waals surface area contributed by atoms with Crippen molar-refractivity contribution in [3.63, 3.8) is 0 Å². The van der Waals surface area contributed by atoms with E-state index in [1.54, 1.807) is 24.3 Å². The van der Waals surface area contributed by atoms with Crippen LogP contribution in [-0.4, -0.2) is 42.0 Å². The van der Waals surface area contributed by atoms with Gasteiger partial charge in [0.05, 0.1) is 44.7 Å². The topological polar surface area (TPSA) is 91.3 Å². The standard InChI is InChI=1S/C26H25F3O7S/c1-33-22-12-16(13-23(34-2)25(22)36-4)8-9-17-10-11-21(30)24(35-3)20(17)15-37(31,32)19-7-5-6-18(14-19)26(27,28)29/h5-14,30H,15H2,1-4H3/b9-8-. The highest BCUT2D eigenvalue weighted by molar-refractivity contribution is 7.90. The molecule has 1 N–H and O–H groups in total. The summed E-state index contributed by atoms with van der Waals surface area (Å²) < 4.78 is 87.0. The molecule has 3 aromatic rings. The third-order valence-electron chi connectivity index (χ3n) is 5.48. The fraction of sp³-hybridized carbons (Fsp3) is 0.231. The molecule has 0 radical (unpaired) electrons. The Bertz CT molecular complexity index is 1390. The largest absolute Gasteiger partial charge is 0.504 e. The van der Waals surface area contributed by atoms with Crippen LogP contribution in [-0.2, 0) is 21.8 Å². The highest BCUT2D eigenvalue weighted by Crippen LogP contribution is 2.40. The Kier molecular flexibility index (Phi) is 8.27. The number of ether oxygens (including phenoxy) is 4. The predicted octanol–water partition coefficient (Wildman–Crippen LogP) is 5.59. The van der Waals surface area contributed by atoms with Crippen molar-refractivity contribution in [2.45, 2.75) is 16.8 Å². The van der Waals surface area contributed by atoms with Gasteiger partial charge in [0.25, 0.3) is 0 Å². The number of hydrogen-bond donors (Lipinski definition) is 1. The maximum atomic E-state index is 13.2. The average Bonchev–Trinajstić information content (AvgIpc) is 2.87. The van der Waals surface area contributed by atoms with E-state index < -0.39 is 32.2 Å². The van der Waals surface area contributed by atoms with Gasteiger partial charge in [-0.3, -0.25) is 0 Å². The summed E-state index contributed by atoms with van der Waals surface area (Å²) >= 11 is 0. The molecule has 0 aromatic heterocycles. The van der Waals surface area contributed by atoms with Gasteiger partial charge in [0, 0.05) is 5.56 Å². The van der Waals surface area contributed by atoms with Crippen LogP contribution >= 0.6 is 0 Å². The van der Waals surface area contributed by atoms with Gasteiger partial charge >= 0.3 is 6.18 Å². The van der Waals surface area contributed by atoms with Crippen molar-refractivity contribution in [1.29, 1.82) is 0 Å². The number of alkyl halides is 3. The molecule has 0 bridgehead atoms. The van der Waals surface area contributed by atoms with Crippen LogP contribution in [0.3, 0.4) is 0 Å². The molecular formula is C26H25F3O7S. The number of phenolic OH excluding ortho intramolecular Hbond substituents is 1. The molecule has 198 valence electrons. The first-order valence-electron chi connectivity index (χ1n) is 10.7. The lowest BCUT2D eigenvalue weighted by Crippen LogP contribution is -2.10. The Balaban J connectivity index is 2.08. The number of sulfone groups is 1. The van der Waals surface area contributed by atoms with E-state index in [-0.39, 0.29) is 17.1 Å². The minimum Gasteiger partial charge on any atom is -0.504 e. The van der Waals surface area contributed by atoms with Crippen molar-refractivity contribution < 1.29 is 45.6 Å². The SMILES string of the molecule is COc1cc(/C=C\c2ccc(O)c(OC)c2CS(=O)(=O)c2cccc(C(F)(F)F)c2)cc(OC)c1OC. The molecule has 7 nitrogen and oxygen atoms in total. The lowest BCUT2D eigenvalue weighted by atomic mass is 10.0. The van der Waals surface area contributed by atoms with E-state index in [4.69, 9.17) is 18.9 Å². The van der Waals surface area contributed by atoms with Gasteiger partial charge < -0.3 is 24.1 Å². The van der Waals surface area contributed by atoms with Crippen molar-refractivity contribution in [3.8, 4) is 28.7 Å². The summed E-state index contributed by atoms with van der Waals surface area (Å²) in [5.74, 6) is 0.0423. The minimum atomic E-state index is -4.71. The number of aromatic hydroxyl groups is 1. The first kappa shape index (κ1) is 27.7. The molecule has 0 fully saturated rings. The van der Waals surface area contributed by atoms with Crippen LogP contribution < -0.4 is 18.9 Å². The van der Waals surface area contributed by atoms with Gasteiger partial charge in [0.2, 0.25) is 5.75 Å². The lowest BCUT2D eigenvalue weighted by molar-refractivity contribution is -0.137. The first-order chi connectivity index (χ1) is 17.4. The molecular weight excluding hydrogens is 513 g/mol. The third-order valence-corrected chi connectivity index (χ3v) is 7.12. The monoisotopic (exact) mass is 538 g/mol. The van der Waals surface area contributed by atoms with Gasteiger partial charge in [0.15, 0.2) is 32.8 Å². The minimum absolute atomic E-state index is 0.0728. The highest BCUT2D eigenvalue weighted by Gasteiger charge is 2.32. The second kappa shape index (κ2) is 11.0.